The van der Waals surface area contributed by atoms with E-state index < -0.39 is 0 Å². The third kappa shape index (κ3) is 3.87. The highest BCUT2D eigenvalue weighted by Gasteiger charge is 2.26. The number of aromatic hydroxyl groups is 2. The molecule has 2 nitrogen and oxygen atoms in total. The van der Waals surface area contributed by atoms with Gasteiger partial charge in [-0.05, 0) is 122 Å². The molecule has 0 bridgehead atoms. The molecule has 28 heavy (non-hydrogen) atoms. The molecule has 0 radical (unpaired) electrons. The van der Waals surface area contributed by atoms with Crippen LogP contribution in [-0.4, -0.2) is 10.2 Å². The normalized spacial score (nSPS) is 22.5. The molecular weight excluding hydrogens is 344 g/mol. The molecule has 0 saturated carbocycles. The Kier molecular flexibility index (Phi) is 5.30. The molecule has 2 atom stereocenters. The van der Waals surface area contributed by atoms with Gasteiger partial charge in [0.1, 0.15) is 11.5 Å². The standard InChI is InChI=1S/C26H30O2/c1-17-15-23(27)11-13-25(17)21-7-3-19(4-8-21)20-5-9-22(10-6-20)26-14-12-24(28)16-18(26)2/h7,9,11-16,19-20,27-28H,3-6,8,10H2,1-2H3. The zero-order chi connectivity index (χ0) is 19.7. The molecule has 0 aliphatic heterocycles. The molecule has 2 aliphatic rings. The minimum atomic E-state index is 0.351. The fraction of sp³-hybridized carbons (Fsp3) is 0.385. The van der Waals surface area contributed by atoms with Gasteiger partial charge in [0.2, 0.25) is 0 Å². The van der Waals surface area contributed by atoms with Gasteiger partial charge in [0, 0.05) is 0 Å². The highest BCUT2D eigenvalue weighted by atomic mass is 16.3. The fourth-order valence-electron chi connectivity index (χ4n) is 5.07. The smallest absolute Gasteiger partial charge is 0.115 e. The van der Waals surface area contributed by atoms with Crippen molar-refractivity contribution in [1.82, 2.24) is 0 Å². The van der Waals surface area contributed by atoms with E-state index in [4.69, 9.17) is 0 Å². The van der Waals surface area contributed by atoms with Gasteiger partial charge in [-0.15, -0.1) is 0 Å². The van der Waals surface area contributed by atoms with Gasteiger partial charge in [-0.1, -0.05) is 24.3 Å². The van der Waals surface area contributed by atoms with Gasteiger partial charge in [-0.25, -0.2) is 0 Å². The van der Waals surface area contributed by atoms with Crippen molar-refractivity contribution >= 4 is 11.1 Å². The maximum absolute atomic E-state index is 9.65. The van der Waals surface area contributed by atoms with Crippen LogP contribution in [0.2, 0.25) is 0 Å². The minimum absolute atomic E-state index is 0.351. The Labute approximate surface area is 168 Å². The molecule has 2 aliphatic carbocycles. The third-order valence-electron chi connectivity index (χ3n) is 6.68. The summed E-state index contributed by atoms with van der Waals surface area (Å²) in [5.41, 5.74) is 7.81. The first kappa shape index (κ1) is 18.9. The second kappa shape index (κ2) is 7.87. The number of hydrogen-bond acceptors (Lipinski definition) is 2. The fourth-order valence-corrected chi connectivity index (χ4v) is 5.07. The van der Waals surface area contributed by atoms with Gasteiger partial charge in [0.05, 0.1) is 0 Å². The van der Waals surface area contributed by atoms with Crippen molar-refractivity contribution in [2.45, 2.75) is 52.4 Å². The van der Waals surface area contributed by atoms with E-state index in [0.717, 1.165) is 24.7 Å². The lowest BCUT2D eigenvalue weighted by Gasteiger charge is -2.32. The van der Waals surface area contributed by atoms with E-state index in [2.05, 4.69) is 38.1 Å². The van der Waals surface area contributed by atoms with Gasteiger partial charge in [-0.2, -0.15) is 0 Å². The second-order valence-corrected chi connectivity index (χ2v) is 8.53. The van der Waals surface area contributed by atoms with Crippen LogP contribution < -0.4 is 0 Å². The van der Waals surface area contributed by atoms with E-state index in [-0.39, 0.29) is 0 Å². The van der Waals surface area contributed by atoms with Gasteiger partial charge >= 0.3 is 0 Å². The number of benzene rings is 2. The van der Waals surface area contributed by atoms with E-state index in [1.54, 1.807) is 12.1 Å². The summed E-state index contributed by atoms with van der Waals surface area (Å²) in [7, 11) is 0. The maximum Gasteiger partial charge on any atom is 0.115 e. The number of hydrogen-bond donors (Lipinski definition) is 2. The molecule has 2 aromatic rings. The molecule has 0 saturated heterocycles. The van der Waals surface area contributed by atoms with Crippen LogP contribution in [0.3, 0.4) is 0 Å². The Balaban J connectivity index is 1.42. The maximum atomic E-state index is 9.65. The monoisotopic (exact) mass is 374 g/mol. The largest absolute Gasteiger partial charge is 0.508 e. The minimum Gasteiger partial charge on any atom is -0.508 e. The van der Waals surface area contributed by atoms with E-state index in [9.17, 15) is 10.2 Å². The molecule has 0 heterocycles. The second-order valence-electron chi connectivity index (χ2n) is 8.53. The zero-order valence-corrected chi connectivity index (χ0v) is 16.9. The molecule has 4 rings (SSSR count). The van der Waals surface area contributed by atoms with E-state index in [1.165, 1.54) is 59.1 Å². The zero-order valence-electron chi connectivity index (χ0n) is 16.9. The van der Waals surface area contributed by atoms with Gasteiger partial charge in [-0.3, -0.25) is 0 Å². The Morgan fingerprint density at radius 1 is 0.679 bits per heavy atom. The summed E-state index contributed by atoms with van der Waals surface area (Å²) >= 11 is 0. The van der Waals surface area contributed by atoms with Crippen molar-refractivity contribution in [3.05, 3.63) is 70.8 Å². The van der Waals surface area contributed by atoms with Gasteiger partial charge in [0.15, 0.2) is 0 Å². The van der Waals surface area contributed by atoms with Crippen LogP contribution in [-0.2, 0) is 0 Å². The van der Waals surface area contributed by atoms with Crippen LogP contribution >= 0.6 is 0 Å². The number of phenols is 2. The van der Waals surface area contributed by atoms with Crippen molar-refractivity contribution in [1.29, 1.82) is 0 Å². The summed E-state index contributed by atoms with van der Waals surface area (Å²) < 4.78 is 0. The summed E-state index contributed by atoms with van der Waals surface area (Å²) in [5, 5.41) is 19.3. The highest BCUT2D eigenvalue weighted by Crippen LogP contribution is 2.42. The predicted octanol–water partition coefficient (Wildman–Crippen LogP) is 6.78. The topological polar surface area (TPSA) is 40.5 Å². The molecule has 0 aromatic heterocycles. The number of phenolic OH excluding ortho intramolecular Hbond substituents is 2. The quantitative estimate of drug-likeness (QED) is 0.621. The number of rotatable bonds is 3. The Hall–Kier alpha value is -2.48. The first-order valence-corrected chi connectivity index (χ1v) is 10.5. The molecule has 146 valence electrons. The summed E-state index contributed by atoms with van der Waals surface area (Å²) in [5.74, 6) is 2.26. The van der Waals surface area contributed by atoms with Crippen LogP contribution in [0.25, 0.3) is 11.1 Å². The van der Waals surface area contributed by atoms with Crippen LogP contribution in [0.4, 0.5) is 0 Å². The lowest BCUT2D eigenvalue weighted by atomic mass is 9.73. The highest BCUT2D eigenvalue weighted by molar-refractivity contribution is 5.70. The van der Waals surface area contributed by atoms with E-state index in [0.29, 0.717) is 11.5 Å². The molecule has 2 N–H and O–H groups in total. The van der Waals surface area contributed by atoms with Crippen LogP contribution in [0.1, 0.15) is 60.8 Å². The first-order valence-electron chi connectivity index (χ1n) is 10.5. The lowest BCUT2D eigenvalue weighted by Crippen LogP contribution is -2.19. The molecule has 2 aromatic carbocycles. The van der Waals surface area contributed by atoms with Crippen LogP contribution in [0.5, 0.6) is 11.5 Å². The molecule has 0 fully saturated rings. The van der Waals surface area contributed by atoms with Crippen molar-refractivity contribution < 1.29 is 10.2 Å². The van der Waals surface area contributed by atoms with Crippen LogP contribution in [0.15, 0.2) is 48.6 Å². The molecule has 2 unspecified atom stereocenters. The number of allylic oxidation sites excluding steroid dienone is 4. The third-order valence-corrected chi connectivity index (χ3v) is 6.68. The Morgan fingerprint density at radius 3 is 1.43 bits per heavy atom. The lowest BCUT2D eigenvalue weighted by molar-refractivity contribution is 0.292. The van der Waals surface area contributed by atoms with Gasteiger partial charge < -0.3 is 10.2 Å². The predicted molar refractivity (Wildman–Crippen MR) is 116 cm³/mol. The summed E-state index contributed by atoms with van der Waals surface area (Å²) in [6.45, 7) is 4.17. The first-order chi connectivity index (χ1) is 13.5. The molecular formula is C26H30O2. The number of aryl methyl sites for hydroxylation is 2. The van der Waals surface area contributed by atoms with E-state index >= 15 is 0 Å². The van der Waals surface area contributed by atoms with Crippen molar-refractivity contribution in [2.75, 3.05) is 0 Å². The van der Waals surface area contributed by atoms with Crippen LogP contribution in [0, 0.1) is 25.7 Å². The van der Waals surface area contributed by atoms with Gasteiger partial charge in [0.25, 0.3) is 0 Å². The molecule has 2 heteroatoms. The summed E-state index contributed by atoms with van der Waals surface area (Å²) in [6.07, 6.45) is 12.0. The van der Waals surface area contributed by atoms with Crippen molar-refractivity contribution in [2.24, 2.45) is 11.8 Å². The van der Waals surface area contributed by atoms with Crippen molar-refractivity contribution in [3.63, 3.8) is 0 Å². The summed E-state index contributed by atoms with van der Waals surface area (Å²) in [4.78, 5) is 0. The average Bonchev–Trinajstić information content (AvgIpc) is 2.69. The molecule has 0 amide bonds. The van der Waals surface area contributed by atoms with E-state index in [1.807, 2.05) is 12.1 Å². The van der Waals surface area contributed by atoms with Crippen molar-refractivity contribution in [3.8, 4) is 11.5 Å². The SMILES string of the molecule is Cc1cc(O)ccc1C1=CCC(C2CC=C(c3ccc(O)cc3C)CC2)CC1. The molecule has 0 spiro atoms. The summed E-state index contributed by atoms with van der Waals surface area (Å²) in [6, 6.07) is 11.4. The average molecular weight is 375 g/mol. The Bertz CT molecular complexity index is 858. The Morgan fingerprint density at radius 2 is 1.11 bits per heavy atom.